The van der Waals surface area contributed by atoms with Crippen molar-refractivity contribution in [2.75, 3.05) is 0 Å². The second-order valence-electron chi connectivity index (χ2n) is 3.39. The molecule has 2 N–H and O–H groups in total. The molecule has 0 radical (unpaired) electrons. The molecule has 0 aliphatic carbocycles. The fourth-order valence-electron chi connectivity index (χ4n) is 1.51. The van der Waals surface area contributed by atoms with E-state index in [4.69, 9.17) is 10.2 Å². The molecule has 0 aromatic heterocycles. The maximum absolute atomic E-state index is 10.7. The first-order chi connectivity index (χ1) is 7.58. The summed E-state index contributed by atoms with van der Waals surface area (Å²) in [6.07, 6.45) is 0. The molecular formula is C12H8O4Zn. The van der Waals surface area contributed by atoms with E-state index in [2.05, 4.69) is 0 Å². The van der Waals surface area contributed by atoms with Gasteiger partial charge in [0.05, 0.1) is 11.1 Å². The third-order valence-electron chi connectivity index (χ3n) is 2.33. The molecule has 0 spiro atoms. The molecule has 0 bridgehead atoms. The van der Waals surface area contributed by atoms with Crippen molar-refractivity contribution in [1.29, 1.82) is 0 Å². The topological polar surface area (TPSA) is 74.6 Å². The fourth-order valence-corrected chi connectivity index (χ4v) is 1.51. The molecule has 5 heteroatoms. The van der Waals surface area contributed by atoms with E-state index < -0.39 is 11.9 Å². The number of hydrogen-bond acceptors (Lipinski definition) is 2. The minimum Gasteiger partial charge on any atom is -0.478 e. The molecule has 0 fully saturated rings. The second kappa shape index (κ2) is 5.06. The van der Waals surface area contributed by atoms with Crippen LogP contribution in [0.15, 0.2) is 36.4 Å². The van der Waals surface area contributed by atoms with E-state index in [1.165, 1.54) is 24.3 Å². The summed E-state index contributed by atoms with van der Waals surface area (Å²) in [5, 5.41) is 19.0. The Bertz CT molecular complexity index is 539. The Morgan fingerprint density at radius 1 is 0.765 bits per heavy atom. The van der Waals surface area contributed by atoms with Crippen LogP contribution in [-0.4, -0.2) is 22.2 Å². The first-order valence-corrected chi connectivity index (χ1v) is 4.58. The van der Waals surface area contributed by atoms with Crippen molar-refractivity contribution in [3.63, 3.8) is 0 Å². The number of rotatable bonds is 2. The van der Waals surface area contributed by atoms with E-state index in [0.29, 0.717) is 10.8 Å². The summed E-state index contributed by atoms with van der Waals surface area (Å²) >= 11 is 0. The van der Waals surface area contributed by atoms with Gasteiger partial charge in [-0.2, -0.15) is 0 Å². The molecule has 2 aromatic rings. The molecule has 0 atom stereocenters. The van der Waals surface area contributed by atoms with Crippen LogP contribution in [0.4, 0.5) is 0 Å². The van der Waals surface area contributed by atoms with Crippen LogP contribution in [0.1, 0.15) is 20.7 Å². The fraction of sp³-hybridized carbons (Fsp3) is 0. The number of benzene rings is 2. The molecule has 0 amide bonds. The van der Waals surface area contributed by atoms with E-state index in [1.54, 1.807) is 12.1 Å². The van der Waals surface area contributed by atoms with Gasteiger partial charge in [0.1, 0.15) is 0 Å². The molecule has 0 unspecified atom stereocenters. The SMILES string of the molecule is O=C(O)c1ccc2cc(C(=O)O)ccc2c1.[Zn]. The van der Waals surface area contributed by atoms with Gasteiger partial charge in [0, 0.05) is 19.5 Å². The summed E-state index contributed by atoms with van der Waals surface area (Å²) < 4.78 is 0. The van der Waals surface area contributed by atoms with Gasteiger partial charge in [-0.25, -0.2) is 9.59 Å². The zero-order valence-corrected chi connectivity index (χ0v) is 11.8. The summed E-state index contributed by atoms with van der Waals surface area (Å²) in [6.45, 7) is 0. The van der Waals surface area contributed by atoms with Gasteiger partial charge in [-0.3, -0.25) is 0 Å². The summed E-state index contributed by atoms with van der Waals surface area (Å²) in [5.74, 6) is -1.99. The average molecular weight is 282 g/mol. The monoisotopic (exact) mass is 280 g/mol. The molecule has 82 valence electrons. The van der Waals surface area contributed by atoms with E-state index in [1.807, 2.05) is 0 Å². The molecule has 4 nitrogen and oxygen atoms in total. The van der Waals surface area contributed by atoms with Crippen LogP contribution in [-0.2, 0) is 19.5 Å². The van der Waals surface area contributed by atoms with Crippen LogP contribution in [0, 0.1) is 0 Å². The van der Waals surface area contributed by atoms with Crippen LogP contribution in [0.5, 0.6) is 0 Å². The Labute approximate surface area is 110 Å². The van der Waals surface area contributed by atoms with Gasteiger partial charge >= 0.3 is 11.9 Å². The standard InChI is InChI=1S/C12H8O4.Zn/c13-11(14)9-3-1-7-5-10(12(15)16)4-2-8(7)6-9;/h1-6H,(H,13,14)(H,15,16);. The normalized spacial score (nSPS) is 9.65. The van der Waals surface area contributed by atoms with Gasteiger partial charge in [-0.1, -0.05) is 12.1 Å². The number of fused-ring (bicyclic) bond motifs is 1. The smallest absolute Gasteiger partial charge is 0.335 e. The predicted molar refractivity (Wildman–Crippen MR) is 57.9 cm³/mol. The molecule has 0 saturated carbocycles. The first kappa shape index (κ1) is 13.3. The van der Waals surface area contributed by atoms with Gasteiger partial charge in [0.15, 0.2) is 0 Å². The van der Waals surface area contributed by atoms with E-state index in [9.17, 15) is 9.59 Å². The molecule has 0 heterocycles. The van der Waals surface area contributed by atoms with Crippen molar-refractivity contribution in [2.45, 2.75) is 0 Å². The first-order valence-electron chi connectivity index (χ1n) is 4.58. The Morgan fingerprint density at radius 2 is 1.12 bits per heavy atom. The van der Waals surface area contributed by atoms with Crippen LogP contribution >= 0.6 is 0 Å². The molecule has 0 aliphatic heterocycles. The zero-order chi connectivity index (χ0) is 11.7. The average Bonchev–Trinajstić information content (AvgIpc) is 2.27. The predicted octanol–water partition coefficient (Wildman–Crippen LogP) is 2.23. The van der Waals surface area contributed by atoms with Gasteiger partial charge in [-0.15, -0.1) is 0 Å². The molecule has 0 aliphatic rings. The van der Waals surface area contributed by atoms with Gasteiger partial charge in [0.2, 0.25) is 0 Å². The third kappa shape index (κ3) is 2.69. The maximum Gasteiger partial charge on any atom is 0.335 e. The Balaban J connectivity index is 0.00000144. The molecule has 2 aromatic carbocycles. The van der Waals surface area contributed by atoms with Crippen molar-refractivity contribution in [3.05, 3.63) is 47.5 Å². The minimum absolute atomic E-state index is 0. The van der Waals surface area contributed by atoms with Crippen molar-refractivity contribution in [2.24, 2.45) is 0 Å². The maximum atomic E-state index is 10.7. The quantitative estimate of drug-likeness (QED) is 0.828. The molecule has 0 saturated heterocycles. The van der Waals surface area contributed by atoms with Crippen molar-refractivity contribution in [3.8, 4) is 0 Å². The minimum atomic E-state index is -0.996. The van der Waals surface area contributed by atoms with E-state index in [0.717, 1.165) is 0 Å². The summed E-state index contributed by atoms with van der Waals surface area (Å²) in [6, 6.07) is 9.15. The Hall–Kier alpha value is -1.74. The summed E-state index contributed by atoms with van der Waals surface area (Å²) in [7, 11) is 0. The van der Waals surface area contributed by atoms with Crippen molar-refractivity contribution < 1.29 is 39.3 Å². The molecular weight excluding hydrogens is 274 g/mol. The van der Waals surface area contributed by atoms with Gasteiger partial charge in [-0.05, 0) is 35.0 Å². The van der Waals surface area contributed by atoms with Gasteiger partial charge in [0.25, 0.3) is 0 Å². The second-order valence-corrected chi connectivity index (χ2v) is 3.39. The van der Waals surface area contributed by atoms with Crippen LogP contribution in [0.3, 0.4) is 0 Å². The van der Waals surface area contributed by atoms with E-state index >= 15 is 0 Å². The van der Waals surface area contributed by atoms with E-state index in [-0.39, 0.29) is 30.6 Å². The molecule has 17 heavy (non-hydrogen) atoms. The van der Waals surface area contributed by atoms with Crippen LogP contribution in [0.2, 0.25) is 0 Å². The number of carboxylic acids is 2. The van der Waals surface area contributed by atoms with Crippen molar-refractivity contribution >= 4 is 22.7 Å². The number of carbonyl (C=O) groups is 2. The Kier molecular flexibility index (Phi) is 3.97. The summed E-state index contributed by atoms with van der Waals surface area (Å²) in [5.41, 5.74) is 0.381. The number of carboxylic acid groups (broad SMARTS) is 2. The number of aromatic carboxylic acids is 2. The zero-order valence-electron chi connectivity index (χ0n) is 8.88. The largest absolute Gasteiger partial charge is 0.478 e. The van der Waals surface area contributed by atoms with Crippen molar-refractivity contribution in [1.82, 2.24) is 0 Å². The van der Waals surface area contributed by atoms with Gasteiger partial charge < -0.3 is 10.2 Å². The van der Waals surface area contributed by atoms with Crippen LogP contribution in [0.25, 0.3) is 10.8 Å². The molecule has 2 rings (SSSR count). The Morgan fingerprint density at radius 3 is 1.41 bits per heavy atom. The van der Waals surface area contributed by atoms with Crippen LogP contribution < -0.4 is 0 Å². The summed E-state index contributed by atoms with van der Waals surface area (Å²) in [4.78, 5) is 21.5. The third-order valence-corrected chi connectivity index (χ3v) is 2.33. The number of hydrogen-bond donors (Lipinski definition) is 2.